The smallest absolute Gasteiger partial charge is 0.319 e. The minimum atomic E-state index is -0.433. The topological polar surface area (TPSA) is 77.1 Å². The molecule has 2 saturated heterocycles. The number of aromatic nitrogens is 1. The van der Waals surface area contributed by atoms with Crippen LogP contribution in [0.1, 0.15) is 23.7 Å². The standard InChI is InChI=1S/C19H27N5O3/c1-4-22-12-19(11-16(22)25)13-23(17(26)15-5-7-20-8-6-15)9-10-24(14-19)18(27)21(2)3/h5-8H,4,9-14H2,1-3H3/t19-/m1/s1. The highest BCUT2D eigenvalue weighted by molar-refractivity contribution is 5.94. The van der Waals surface area contributed by atoms with Crippen LogP contribution in [-0.2, 0) is 4.79 Å². The Hall–Kier alpha value is -2.64. The maximum atomic E-state index is 13.0. The summed E-state index contributed by atoms with van der Waals surface area (Å²) in [7, 11) is 3.44. The van der Waals surface area contributed by atoms with Gasteiger partial charge in [-0.25, -0.2) is 4.79 Å². The number of nitrogens with zero attached hydrogens (tertiary/aromatic N) is 5. The molecule has 146 valence electrons. The van der Waals surface area contributed by atoms with E-state index in [1.54, 1.807) is 53.3 Å². The van der Waals surface area contributed by atoms with Gasteiger partial charge in [0, 0.05) is 83.2 Å². The summed E-state index contributed by atoms with van der Waals surface area (Å²) in [6.07, 6.45) is 3.55. The van der Waals surface area contributed by atoms with Crippen molar-refractivity contribution in [1.29, 1.82) is 0 Å². The molecular weight excluding hydrogens is 346 g/mol. The SMILES string of the molecule is CCN1C[C@]2(CC1=O)CN(C(=O)c1ccncc1)CCN(C(=O)N(C)C)C2. The maximum Gasteiger partial charge on any atom is 0.319 e. The molecule has 27 heavy (non-hydrogen) atoms. The first kappa shape index (κ1) is 19.1. The number of likely N-dealkylation sites (tertiary alicyclic amines) is 1. The van der Waals surface area contributed by atoms with Gasteiger partial charge in [-0.05, 0) is 19.1 Å². The van der Waals surface area contributed by atoms with E-state index >= 15 is 0 Å². The van der Waals surface area contributed by atoms with Gasteiger partial charge in [-0.2, -0.15) is 0 Å². The molecule has 0 aromatic carbocycles. The van der Waals surface area contributed by atoms with Crippen LogP contribution in [0.5, 0.6) is 0 Å². The highest BCUT2D eigenvalue weighted by Crippen LogP contribution is 2.35. The van der Waals surface area contributed by atoms with E-state index in [0.717, 1.165) is 0 Å². The van der Waals surface area contributed by atoms with Crippen molar-refractivity contribution in [3.05, 3.63) is 30.1 Å². The summed E-state index contributed by atoms with van der Waals surface area (Å²) < 4.78 is 0. The average molecular weight is 373 g/mol. The lowest BCUT2D eigenvalue weighted by molar-refractivity contribution is -0.127. The Morgan fingerprint density at radius 3 is 2.33 bits per heavy atom. The summed E-state index contributed by atoms with van der Waals surface area (Å²) >= 11 is 0. The Labute approximate surface area is 159 Å². The molecule has 4 amide bonds. The quantitative estimate of drug-likeness (QED) is 0.767. The number of hydrogen-bond donors (Lipinski definition) is 0. The van der Waals surface area contributed by atoms with Gasteiger partial charge in [0.05, 0.1) is 0 Å². The lowest BCUT2D eigenvalue weighted by atomic mass is 9.85. The largest absolute Gasteiger partial charge is 0.342 e. The van der Waals surface area contributed by atoms with Gasteiger partial charge in [0.15, 0.2) is 0 Å². The molecular formula is C19H27N5O3. The minimum Gasteiger partial charge on any atom is -0.342 e. The molecule has 1 atom stereocenters. The molecule has 2 fully saturated rings. The normalized spacial score (nSPS) is 22.9. The second kappa shape index (κ2) is 7.54. The van der Waals surface area contributed by atoms with E-state index in [0.29, 0.717) is 51.3 Å². The van der Waals surface area contributed by atoms with E-state index in [9.17, 15) is 14.4 Å². The number of urea groups is 1. The second-order valence-electron chi connectivity index (χ2n) is 7.65. The molecule has 2 aliphatic heterocycles. The van der Waals surface area contributed by atoms with Crippen molar-refractivity contribution in [2.45, 2.75) is 13.3 Å². The molecule has 1 aromatic rings. The number of pyridine rings is 1. The molecule has 3 heterocycles. The molecule has 0 unspecified atom stereocenters. The van der Waals surface area contributed by atoms with Crippen LogP contribution in [0, 0.1) is 5.41 Å². The first-order chi connectivity index (χ1) is 12.8. The molecule has 2 aliphatic rings. The summed E-state index contributed by atoms with van der Waals surface area (Å²) in [5, 5.41) is 0. The van der Waals surface area contributed by atoms with Crippen LogP contribution in [0.3, 0.4) is 0 Å². The van der Waals surface area contributed by atoms with Crippen LogP contribution >= 0.6 is 0 Å². The molecule has 0 N–H and O–H groups in total. The monoisotopic (exact) mass is 373 g/mol. The van der Waals surface area contributed by atoms with Crippen molar-refractivity contribution >= 4 is 17.8 Å². The van der Waals surface area contributed by atoms with Gasteiger partial charge >= 0.3 is 6.03 Å². The van der Waals surface area contributed by atoms with Gasteiger partial charge in [0.1, 0.15) is 0 Å². The van der Waals surface area contributed by atoms with Crippen molar-refractivity contribution < 1.29 is 14.4 Å². The Balaban J connectivity index is 1.89. The van der Waals surface area contributed by atoms with Crippen LogP contribution in [0.15, 0.2) is 24.5 Å². The maximum absolute atomic E-state index is 13.0. The highest BCUT2D eigenvalue weighted by atomic mass is 16.2. The van der Waals surface area contributed by atoms with Crippen molar-refractivity contribution in [2.24, 2.45) is 5.41 Å². The lowest BCUT2D eigenvalue weighted by Gasteiger charge is -2.34. The average Bonchev–Trinajstić information content (AvgIpc) is 2.86. The number of rotatable bonds is 2. The zero-order valence-corrected chi connectivity index (χ0v) is 16.2. The predicted molar refractivity (Wildman–Crippen MR) is 100 cm³/mol. The first-order valence-corrected chi connectivity index (χ1v) is 9.28. The third-order valence-electron chi connectivity index (χ3n) is 5.35. The summed E-state index contributed by atoms with van der Waals surface area (Å²) in [6, 6.07) is 3.30. The third-order valence-corrected chi connectivity index (χ3v) is 5.35. The Morgan fingerprint density at radius 2 is 1.74 bits per heavy atom. The second-order valence-corrected chi connectivity index (χ2v) is 7.65. The predicted octanol–water partition coefficient (Wildman–Crippen LogP) is 0.760. The van der Waals surface area contributed by atoms with Gasteiger partial charge in [-0.3, -0.25) is 14.6 Å². The van der Waals surface area contributed by atoms with Gasteiger partial charge < -0.3 is 19.6 Å². The minimum absolute atomic E-state index is 0.0849. The number of carbonyl (C=O) groups excluding carboxylic acids is 3. The number of amides is 4. The van der Waals surface area contributed by atoms with Crippen molar-refractivity contribution in [3.63, 3.8) is 0 Å². The fourth-order valence-corrected chi connectivity index (χ4v) is 4.04. The lowest BCUT2D eigenvalue weighted by Crippen LogP contribution is -2.47. The van der Waals surface area contributed by atoms with E-state index in [1.165, 1.54) is 0 Å². The number of carbonyl (C=O) groups is 3. The highest BCUT2D eigenvalue weighted by Gasteiger charge is 2.47. The molecule has 0 radical (unpaired) electrons. The summed E-state index contributed by atoms with van der Waals surface area (Å²) in [6.45, 7) is 5.01. The first-order valence-electron chi connectivity index (χ1n) is 9.28. The van der Waals surface area contributed by atoms with Crippen LogP contribution in [0.2, 0.25) is 0 Å². The van der Waals surface area contributed by atoms with Crippen LogP contribution in [-0.4, -0.2) is 95.8 Å². The fourth-order valence-electron chi connectivity index (χ4n) is 4.04. The van der Waals surface area contributed by atoms with Gasteiger partial charge in [0.2, 0.25) is 5.91 Å². The molecule has 0 aliphatic carbocycles. The molecule has 0 bridgehead atoms. The van der Waals surface area contributed by atoms with Crippen LogP contribution < -0.4 is 0 Å². The van der Waals surface area contributed by atoms with Crippen molar-refractivity contribution in [1.82, 2.24) is 24.6 Å². The number of hydrogen-bond acceptors (Lipinski definition) is 4. The van der Waals surface area contributed by atoms with E-state index in [-0.39, 0.29) is 17.8 Å². The van der Waals surface area contributed by atoms with Gasteiger partial charge in [0.25, 0.3) is 5.91 Å². The van der Waals surface area contributed by atoms with Crippen molar-refractivity contribution in [2.75, 3.05) is 53.4 Å². The summed E-state index contributed by atoms with van der Waals surface area (Å²) in [4.78, 5) is 49.0. The molecule has 3 rings (SSSR count). The zero-order chi connectivity index (χ0) is 19.6. The van der Waals surface area contributed by atoms with Crippen LogP contribution in [0.4, 0.5) is 4.79 Å². The third kappa shape index (κ3) is 3.89. The summed E-state index contributed by atoms with van der Waals surface area (Å²) in [5.41, 5.74) is 0.141. The van der Waals surface area contributed by atoms with Crippen LogP contribution in [0.25, 0.3) is 0 Å². The zero-order valence-electron chi connectivity index (χ0n) is 16.2. The van der Waals surface area contributed by atoms with E-state index in [2.05, 4.69) is 4.98 Å². The molecule has 0 saturated carbocycles. The molecule has 8 nitrogen and oxygen atoms in total. The molecule has 1 aromatic heterocycles. The van der Waals surface area contributed by atoms with Gasteiger partial charge in [-0.1, -0.05) is 0 Å². The van der Waals surface area contributed by atoms with E-state index in [1.807, 2.05) is 11.8 Å². The van der Waals surface area contributed by atoms with Gasteiger partial charge in [-0.15, -0.1) is 0 Å². The Kier molecular flexibility index (Phi) is 5.34. The van der Waals surface area contributed by atoms with E-state index in [4.69, 9.17) is 0 Å². The Bertz CT molecular complexity index is 723. The van der Waals surface area contributed by atoms with Crippen molar-refractivity contribution in [3.8, 4) is 0 Å². The Morgan fingerprint density at radius 1 is 1.11 bits per heavy atom. The fraction of sp³-hybridized carbons (Fsp3) is 0.579. The van der Waals surface area contributed by atoms with E-state index < -0.39 is 5.41 Å². The molecule has 1 spiro atoms. The molecule has 8 heteroatoms. The summed E-state index contributed by atoms with van der Waals surface area (Å²) in [5.74, 6) is 0.00582.